The molecule has 1 aromatic rings. The maximum Gasteiger partial charge on any atom is 0.353 e. The van der Waals surface area contributed by atoms with Crippen molar-refractivity contribution >= 4 is 24.3 Å². The first-order chi connectivity index (χ1) is 6.27. The van der Waals surface area contributed by atoms with Gasteiger partial charge in [0.15, 0.2) is 0 Å². The zero-order valence-electron chi connectivity index (χ0n) is 6.81. The van der Waals surface area contributed by atoms with E-state index < -0.39 is 6.92 Å². The lowest BCUT2D eigenvalue weighted by Gasteiger charge is -2.04. The van der Waals surface area contributed by atoms with Crippen molar-refractivity contribution in [3.05, 3.63) is 36.1 Å². The lowest BCUT2D eigenvalue weighted by atomic mass is 9.61. The summed E-state index contributed by atoms with van der Waals surface area (Å²) in [6.45, 7) is -0.770. The fourth-order valence-electron chi connectivity index (χ4n) is 1.26. The molecule has 2 rings (SSSR count). The van der Waals surface area contributed by atoms with Crippen LogP contribution in [0.25, 0.3) is 0 Å². The van der Waals surface area contributed by atoms with Gasteiger partial charge >= 0.3 is 6.92 Å². The third-order valence-corrected chi connectivity index (χ3v) is 1.90. The Morgan fingerprint density at radius 3 is 3.08 bits per heavy atom. The number of halogens is 1. The third kappa shape index (κ3) is 1.53. The van der Waals surface area contributed by atoms with E-state index in [2.05, 4.69) is 4.99 Å². The van der Waals surface area contributed by atoms with E-state index in [1.165, 1.54) is 12.1 Å². The second-order valence-corrected chi connectivity index (χ2v) is 2.81. The monoisotopic (exact) mass is 175 g/mol. The number of hydrogen-bond acceptors (Lipinski definition) is 2. The van der Waals surface area contributed by atoms with Gasteiger partial charge in [-0.3, -0.25) is 4.99 Å². The van der Waals surface area contributed by atoms with E-state index in [1.54, 1.807) is 24.3 Å². The number of fused-ring (bicyclic) bond motifs is 1. The van der Waals surface area contributed by atoms with Gasteiger partial charge in [0.1, 0.15) is 5.82 Å². The van der Waals surface area contributed by atoms with Crippen LogP contribution >= 0.6 is 0 Å². The van der Waals surface area contributed by atoms with Crippen LogP contribution in [-0.2, 0) is 0 Å². The second kappa shape index (κ2) is 3.14. The average Bonchev–Trinajstić information content (AvgIpc) is 2.29. The van der Waals surface area contributed by atoms with E-state index in [9.17, 15) is 9.41 Å². The molecule has 2 nitrogen and oxygen atoms in total. The van der Waals surface area contributed by atoms with E-state index >= 15 is 0 Å². The van der Waals surface area contributed by atoms with Gasteiger partial charge in [-0.15, -0.1) is 0 Å². The van der Waals surface area contributed by atoms with Crippen LogP contribution in [0.5, 0.6) is 0 Å². The smallest absolute Gasteiger partial charge is 0.353 e. The SMILES string of the molecule is OB1C=CC=Nc2ccc(F)cc21. The quantitative estimate of drug-likeness (QED) is 0.581. The summed E-state index contributed by atoms with van der Waals surface area (Å²) < 4.78 is 12.8. The summed E-state index contributed by atoms with van der Waals surface area (Å²) >= 11 is 0. The Bertz CT molecular complexity index is 389. The van der Waals surface area contributed by atoms with Crippen LogP contribution in [0.15, 0.2) is 35.2 Å². The lowest BCUT2D eigenvalue weighted by Crippen LogP contribution is -2.28. The predicted molar refractivity (Wildman–Crippen MR) is 51.3 cm³/mol. The number of allylic oxidation sites excluding steroid dienone is 1. The van der Waals surface area contributed by atoms with Gasteiger partial charge in [-0.2, -0.15) is 0 Å². The van der Waals surface area contributed by atoms with Crippen molar-refractivity contribution in [2.24, 2.45) is 4.99 Å². The Morgan fingerprint density at radius 2 is 2.23 bits per heavy atom. The van der Waals surface area contributed by atoms with Gasteiger partial charge in [0, 0.05) is 6.21 Å². The summed E-state index contributed by atoms with van der Waals surface area (Å²) in [7, 11) is 0. The first-order valence-electron chi connectivity index (χ1n) is 3.96. The summed E-state index contributed by atoms with van der Waals surface area (Å²) in [5.41, 5.74) is 1.11. The Kier molecular flexibility index (Phi) is 1.98. The Balaban J connectivity index is 2.58. The molecule has 0 aromatic heterocycles. The molecular formula is C9H7BFNO. The minimum atomic E-state index is -0.770. The van der Waals surface area contributed by atoms with E-state index in [0.717, 1.165) is 0 Å². The maximum atomic E-state index is 12.8. The van der Waals surface area contributed by atoms with Crippen molar-refractivity contribution in [2.75, 3.05) is 0 Å². The Hall–Kier alpha value is -1.42. The van der Waals surface area contributed by atoms with Crippen LogP contribution in [0.1, 0.15) is 0 Å². The molecule has 0 unspecified atom stereocenters. The highest BCUT2D eigenvalue weighted by atomic mass is 19.1. The second-order valence-electron chi connectivity index (χ2n) is 2.81. The molecule has 0 radical (unpaired) electrons. The van der Waals surface area contributed by atoms with Gasteiger partial charge < -0.3 is 5.02 Å². The standard InChI is InChI=1S/C9H7BFNO/c11-7-2-3-9-8(6-7)10(13)4-1-5-12-9/h1-6,13H. The highest BCUT2D eigenvalue weighted by Crippen LogP contribution is 2.12. The molecule has 64 valence electrons. The van der Waals surface area contributed by atoms with Crippen molar-refractivity contribution in [1.82, 2.24) is 0 Å². The van der Waals surface area contributed by atoms with Gasteiger partial charge in [0.2, 0.25) is 0 Å². The van der Waals surface area contributed by atoms with Crippen LogP contribution in [0.3, 0.4) is 0 Å². The van der Waals surface area contributed by atoms with Crippen LogP contribution < -0.4 is 5.46 Å². The number of benzene rings is 1. The van der Waals surface area contributed by atoms with Crippen molar-refractivity contribution in [3.8, 4) is 0 Å². The molecule has 0 amide bonds. The van der Waals surface area contributed by atoms with E-state index in [1.807, 2.05) is 0 Å². The summed E-state index contributed by atoms with van der Waals surface area (Å²) in [6, 6.07) is 4.18. The number of nitrogens with zero attached hydrogens (tertiary/aromatic N) is 1. The molecule has 13 heavy (non-hydrogen) atoms. The molecule has 0 saturated heterocycles. The first kappa shape index (κ1) is 8.20. The Morgan fingerprint density at radius 1 is 1.38 bits per heavy atom. The zero-order chi connectivity index (χ0) is 9.26. The van der Waals surface area contributed by atoms with Gasteiger partial charge in [0.05, 0.1) is 5.69 Å². The van der Waals surface area contributed by atoms with Crippen molar-refractivity contribution < 1.29 is 9.41 Å². The molecule has 1 aliphatic heterocycles. The number of hydrogen-bond donors (Lipinski definition) is 1. The molecule has 1 aromatic carbocycles. The highest BCUT2D eigenvalue weighted by Gasteiger charge is 2.16. The van der Waals surface area contributed by atoms with E-state index in [-0.39, 0.29) is 5.82 Å². The van der Waals surface area contributed by atoms with Crippen LogP contribution in [-0.4, -0.2) is 18.2 Å². The normalized spacial score (nSPS) is 14.2. The van der Waals surface area contributed by atoms with Crippen LogP contribution in [0, 0.1) is 5.82 Å². The summed E-state index contributed by atoms with van der Waals surface area (Å²) in [6.07, 6.45) is 3.22. The molecule has 1 heterocycles. The number of aliphatic imine (C=N–C) groups is 1. The van der Waals surface area contributed by atoms with Crippen molar-refractivity contribution in [2.45, 2.75) is 0 Å². The van der Waals surface area contributed by atoms with Gasteiger partial charge in [-0.1, -0.05) is 12.1 Å². The van der Waals surface area contributed by atoms with Crippen LogP contribution in [0.2, 0.25) is 0 Å². The summed E-state index contributed by atoms with van der Waals surface area (Å²) in [5, 5.41) is 9.53. The first-order valence-corrected chi connectivity index (χ1v) is 3.96. The Labute approximate surface area is 75.5 Å². The van der Waals surface area contributed by atoms with E-state index in [0.29, 0.717) is 11.2 Å². The number of rotatable bonds is 0. The summed E-state index contributed by atoms with van der Waals surface area (Å²) in [5.74, 6) is 1.21. The fraction of sp³-hybridized carbons (Fsp3) is 0. The highest BCUT2D eigenvalue weighted by molar-refractivity contribution is 6.72. The third-order valence-electron chi connectivity index (χ3n) is 1.90. The van der Waals surface area contributed by atoms with Crippen LogP contribution in [0.4, 0.5) is 10.1 Å². The zero-order valence-corrected chi connectivity index (χ0v) is 6.81. The minimum Gasteiger partial charge on any atom is -0.443 e. The average molecular weight is 175 g/mol. The molecule has 0 atom stereocenters. The fourth-order valence-corrected chi connectivity index (χ4v) is 1.26. The largest absolute Gasteiger partial charge is 0.443 e. The topological polar surface area (TPSA) is 32.6 Å². The predicted octanol–water partition coefficient (Wildman–Crippen LogP) is 0.828. The van der Waals surface area contributed by atoms with Crippen molar-refractivity contribution in [3.63, 3.8) is 0 Å². The van der Waals surface area contributed by atoms with Gasteiger partial charge in [-0.05, 0) is 23.7 Å². The molecular weight excluding hydrogens is 168 g/mol. The molecule has 0 bridgehead atoms. The van der Waals surface area contributed by atoms with Crippen molar-refractivity contribution in [1.29, 1.82) is 0 Å². The molecule has 0 fully saturated rings. The van der Waals surface area contributed by atoms with Gasteiger partial charge in [0.25, 0.3) is 0 Å². The maximum absolute atomic E-state index is 12.8. The molecule has 1 aliphatic rings. The van der Waals surface area contributed by atoms with Gasteiger partial charge in [-0.25, -0.2) is 4.39 Å². The molecule has 0 aliphatic carbocycles. The summed E-state index contributed by atoms with van der Waals surface area (Å²) in [4.78, 5) is 4.04. The lowest BCUT2D eigenvalue weighted by molar-refractivity contribution is 0.597. The molecule has 1 N–H and O–H groups in total. The molecule has 0 saturated carbocycles. The minimum absolute atomic E-state index is 0.358. The molecule has 4 heteroatoms. The van der Waals surface area contributed by atoms with E-state index in [4.69, 9.17) is 0 Å². The molecule has 0 spiro atoms.